The highest BCUT2D eigenvalue weighted by Crippen LogP contribution is 2.40. The molecule has 2 aromatic carbocycles. The van der Waals surface area contributed by atoms with Crippen molar-refractivity contribution in [2.75, 3.05) is 0 Å². The van der Waals surface area contributed by atoms with Crippen LogP contribution < -0.4 is 14.4 Å². The molecule has 3 aliphatic heterocycles. The van der Waals surface area contributed by atoms with Gasteiger partial charge in [-0.3, -0.25) is 4.98 Å². The quantitative estimate of drug-likeness (QED) is 0.225. The number of fused-ring (bicyclic) bond motifs is 19. The fourth-order valence-corrected chi connectivity index (χ4v) is 8.74. The second kappa shape index (κ2) is 8.59. The summed E-state index contributed by atoms with van der Waals surface area (Å²) in [6, 6.07) is 21.7. The number of nitrogens with zero attached hydrogens (tertiary/aromatic N) is 2. The van der Waals surface area contributed by atoms with Crippen LogP contribution in [0, 0.1) is 0 Å². The summed E-state index contributed by atoms with van der Waals surface area (Å²) in [5.41, 5.74) is 12.0. The molecule has 0 saturated heterocycles. The van der Waals surface area contributed by atoms with Crippen molar-refractivity contribution in [3.63, 3.8) is 0 Å². The third kappa shape index (κ3) is 3.35. The minimum Gasteiger partial charge on any atom is -0.374 e. The van der Waals surface area contributed by atoms with E-state index in [0.29, 0.717) is 0 Å². The Kier molecular flexibility index (Phi) is 4.83. The fraction of sp³-hybridized carbons (Fsp3) is 0.0857. The van der Waals surface area contributed by atoms with Crippen molar-refractivity contribution >= 4 is 81.1 Å². The van der Waals surface area contributed by atoms with Gasteiger partial charge in [0.25, 0.3) is 0 Å². The summed E-state index contributed by atoms with van der Waals surface area (Å²) in [4.78, 5) is 12.4. The fourth-order valence-electron chi connectivity index (χ4n) is 6.37. The molecule has 1 unspecified atom stereocenters. The van der Waals surface area contributed by atoms with Gasteiger partial charge >= 0.3 is 0 Å². The molecule has 3 nitrogen and oxygen atoms in total. The number of benzene rings is 2. The molecule has 1 N–H and O–H groups in total. The number of aromatic nitrogens is 1. The Balaban J connectivity index is 1.39. The van der Waals surface area contributed by atoms with Crippen molar-refractivity contribution in [2.24, 2.45) is 4.99 Å². The monoisotopic (exact) mass is 549 g/mol. The van der Waals surface area contributed by atoms with E-state index in [9.17, 15) is 0 Å². The van der Waals surface area contributed by atoms with Crippen molar-refractivity contribution in [1.82, 2.24) is 10.3 Å². The minimum absolute atomic E-state index is 0.117. The first-order valence-electron chi connectivity index (χ1n) is 13.7. The average molecular weight is 550 g/mol. The van der Waals surface area contributed by atoms with E-state index in [0.717, 1.165) is 45.7 Å². The Morgan fingerprint density at radius 1 is 0.800 bits per heavy atom. The summed E-state index contributed by atoms with van der Waals surface area (Å²) in [7, 11) is 0. The van der Waals surface area contributed by atoms with Gasteiger partial charge in [0.2, 0.25) is 0 Å². The van der Waals surface area contributed by atoms with Gasteiger partial charge in [-0.2, -0.15) is 0 Å². The molecular formula is C35H23N3S2. The van der Waals surface area contributed by atoms with Crippen LogP contribution in [-0.2, 0) is 6.42 Å². The maximum absolute atomic E-state index is 5.23. The maximum Gasteiger partial charge on any atom is 0.0889 e. The first kappa shape index (κ1) is 22.5. The van der Waals surface area contributed by atoms with Crippen LogP contribution in [0.1, 0.15) is 55.6 Å². The second-order valence-electron chi connectivity index (χ2n) is 10.5. The average Bonchev–Trinajstić information content (AvgIpc) is 3.73. The topological polar surface area (TPSA) is 37.3 Å². The summed E-state index contributed by atoms with van der Waals surface area (Å²) in [6.45, 7) is 0. The van der Waals surface area contributed by atoms with Gasteiger partial charge in [0.15, 0.2) is 0 Å². The second-order valence-corrected chi connectivity index (χ2v) is 12.7. The van der Waals surface area contributed by atoms with Crippen LogP contribution in [0.5, 0.6) is 0 Å². The number of hydrogen-bond donors (Lipinski definition) is 1. The number of nitrogens with one attached hydrogen (secondary N) is 1. The van der Waals surface area contributed by atoms with Crippen molar-refractivity contribution in [1.29, 1.82) is 0 Å². The predicted octanol–water partition coefficient (Wildman–Crippen LogP) is 7.04. The Labute approximate surface area is 239 Å². The van der Waals surface area contributed by atoms with Crippen LogP contribution in [0.15, 0.2) is 77.9 Å². The molecule has 1 aliphatic carbocycles. The Morgan fingerprint density at radius 3 is 2.62 bits per heavy atom. The highest BCUT2D eigenvalue weighted by atomic mass is 32.1. The van der Waals surface area contributed by atoms with E-state index in [1.165, 1.54) is 47.3 Å². The van der Waals surface area contributed by atoms with Crippen molar-refractivity contribution in [2.45, 2.75) is 18.9 Å². The van der Waals surface area contributed by atoms with E-state index in [4.69, 9.17) is 9.98 Å². The van der Waals surface area contributed by atoms with Gasteiger partial charge in [0.1, 0.15) is 0 Å². The number of hydrogen-bond acceptors (Lipinski definition) is 5. The lowest BCUT2D eigenvalue weighted by Gasteiger charge is -2.09. The summed E-state index contributed by atoms with van der Waals surface area (Å²) in [5, 5.41) is 5.04. The van der Waals surface area contributed by atoms with Gasteiger partial charge in [0.05, 0.1) is 27.8 Å². The molecule has 190 valence electrons. The Morgan fingerprint density at radius 2 is 1.68 bits per heavy atom. The van der Waals surface area contributed by atoms with E-state index < -0.39 is 0 Å². The SMILES string of the molecule is C1=Cc2c(/c3s/c2=C\C2=NC(=Cc4sc(c5ncccc45)/C=C4\NC(\C=3)c3ccccc34)c3ccccc32)CC1. The highest BCUT2D eigenvalue weighted by Gasteiger charge is 2.26. The third-order valence-electron chi connectivity index (χ3n) is 8.23. The van der Waals surface area contributed by atoms with E-state index in [1.54, 1.807) is 11.3 Å². The lowest BCUT2D eigenvalue weighted by atomic mass is 9.98. The van der Waals surface area contributed by atoms with Gasteiger partial charge in [0, 0.05) is 47.9 Å². The normalized spacial score (nSPS) is 21.0. The molecular weight excluding hydrogens is 527 g/mol. The molecule has 9 rings (SSSR count). The third-order valence-corrected chi connectivity index (χ3v) is 10.5. The van der Waals surface area contributed by atoms with Crippen molar-refractivity contribution in [3.05, 3.63) is 125 Å². The van der Waals surface area contributed by atoms with E-state index in [2.05, 4.69) is 96.4 Å². The van der Waals surface area contributed by atoms with Crippen molar-refractivity contribution in [3.8, 4) is 0 Å². The summed E-state index contributed by atoms with van der Waals surface area (Å²) < 4.78 is 2.65. The Bertz CT molecular complexity index is 2150. The number of thiophene rings is 2. The zero-order valence-corrected chi connectivity index (χ0v) is 23.2. The van der Waals surface area contributed by atoms with Crippen LogP contribution in [0.2, 0.25) is 0 Å². The largest absolute Gasteiger partial charge is 0.374 e. The highest BCUT2D eigenvalue weighted by molar-refractivity contribution is 7.15. The molecule has 8 bridgehead atoms. The molecule has 5 heteroatoms. The van der Waals surface area contributed by atoms with Crippen LogP contribution in [0.3, 0.4) is 0 Å². The van der Waals surface area contributed by atoms with Crippen molar-refractivity contribution < 1.29 is 0 Å². The van der Waals surface area contributed by atoms with E-state index >= 15 is 0 Å². The lowest BCUT2D eigenvalue weighted by Crippen LogP contribution is -2.14. The van der Waals surface area contributed by atoms with Gasteiger partial charge in [-0.1, -0.05) is 60.7 Å². The predicted molar refractivity (Wildman–Crippen MR) is 171 cm³/mol. The molecule has 0 spiro atoms. The summed E-state index contributed by atoms with van der Waals surface area (Å²) in [5.74, 6) is 0. The van der Waals surface area contributed by atoms with Crippen LogP contribution in [0.4, 0.5) is 0 Å². The van der Waals surface area contributed by atoms with Gasteiger partial charge < -0.3 is 5.32 Å². The van der Waals surface area contributed by atoms with Gasteiger partial charge in [-0.25, -0.2) is 4.99 Å². The maximum atomic E-state index is 5.23. The first-order valence-corrected chi connectivity index (χ1v) is 15.3. The number of rotatable bonds is 0. The minimum atomic E-state index is 0.117. The lowest BCUT2D eigenvalue weighted by molar-refractivity contribution is 0.853. The molecule has 40 heavy (non-hydrogen) atoms. The van der Waals surface area contributed by atoms with Crippen LogP contribution >= 0.6 is 22.7 Å². The molecule has 0 amide bonds. The summed E-state index contributed by atoms with van der Waals surface area (Å²) >= 11 is 3.68. The molecule has 0 fully saturated rings. The van der Waals surface area contributed by atoms with E-state index in [1.807, 2.05) is 23.6 Å². The van der Waals surface area contributed by atoms with E-state index in [-0.39, 0.29) is 6.04 Å². The molecule has 0 radical (unpaired) electrons. The smallest absolute Gasteiger partial charge is 0.0889 e. The Hall–Kier alpha value is -4.32. The first-order chi connectivity index (χ1) is 19.8. The molecule has 3 aromatic heterocycles. The molecule has 6 heterocycles. The molecule has 1 atom stereocenters. The number of aliphatic imine (C=N–C) groups is 1. The molecule has 4 aliphatic rings. The van der Waals surface area contributed by atoms with Crippen LogP contribution in [0.25, 0.3) is 52.7 Å². The number of pyridine rings is 1. The summed E-state index contributed by atoms with van der Waals surface area (Å²) in [6.07, 6.45) is 18.0. The number of allylic oxidation sites excluding steroid dienone is 1. The zero-order chi connectivity index (χ0) is 26.2. The van der Waals surface area contributed by atoms with Gasteiger partial charge in [-0.15, -0.1) is 22.7 Å². The standard InChI is InChI=1S/C35H23N3S2/c1-2-9-21-20(8-1)27-16-31-24-12-5-6-13-25(24)32(39-31)17-28-22-10-3-4-11-23(22)30(38-28)19-34-35-26(14-7-15-36-35)33(40-34)18-29(21)37-27/h1-5,7-12,14-19,28,38H,6,13H2/b29-18?,30-19-,31-16-,32-17-. The molecule has 0 saturated carbocycles. The van der Waals surface area contributed by atoms with Crippen LogP contribution in [-0.4, -0.2) is 10.7 Å². The zero-order valence-electron chi connectivity index (χ0n) is 21.5. The van der Waals surface area contributed by atoms with Gasteiger partial charge in [-0.05, 0) is 66.0 Å². The molecule has 5 aromatic rings.